The lowest BCUT2D eigenvalue weighted by atomic mass is 10.1. The number of benzene rings is 2. The summed E-state index contributed by atoms with van der Waals surface area (Å²) in [5.74, 6) is -2.47. The molecule has 180 valence electrons. The number of aromatic nitrogens is 2. The highest BCUT2D eigenvalue weighted by Crippen LogP contribution is 2.37. The lowest BCUT2D eigenvalue weighted by molar-refractivity contribution is 0.433. The fourth-order valence-corrected chi connectivity index (χ4v) is 4.68. The van der Waals surface area contributed by atoms with E-state index < -0.39 is 37.4 Å². The molecule has 0 fully saturated rings. The summed E-state index contributed by atoms with van der Waals surface area (Å²) in [5, 5.41) is -0.185. The molecule has 0 saturated carbocycles. The normalized spacial score (nSPS) is 11.7. The molecule has 5 N–H and O–H groups in total. The molecule has 0 spiro atoms. The monoisotopic (exact) mass is 536 g/mol. The molecule has 0 aliphatic carbocycles. The number of halogens is 3. The summed E-state index contributed by atoms with van der Waals surface area (Å²) in [6, 6.07) is 9.05. The van der Waals surface area contributed by atoms with Crippen molar-refractivity contribution in [1.29, 1.82) is 0 Å². The van der Waals surface area contributed by atoms with E-state index in [-0.39, 0.29) is 5.75 Å². The van der Waals surface area contributed by atoms with Crippen molar-refractivity contribution in [2.45, 2.75) is 4.90 Å². The standard InChI is InChI=1S/C21H15ClF2N6O3S2/c22-12-2-3-16(13(5-12)11-1-4-20-27-8-19(26)30(20)9-11)33-17-6-15(24)18(7-14(17)23)35(31,32)29-21(34)28-10-25/h1-10H,26H2,(H3,25,28,29,34). The number of hydrogen-bond donors (Lipinski definition) is 3. The van der Waals surface area contributed by atoms with Crippen LogP contribution in [0, 0.1) is 11.6 Å². The van der Waals surface area contributed by atoms with Gasteiger partial charge in [-0.1, -0.05) is 11.6 Å². The number of sulfonamides is 1. The van der Waals surface area contributed by atoms with Crippen LogP contribution in [0.5, 0.6) is 11.5 Å². The van der Waals surface area contributed by atoms with Gasteiger partial charge in [0, 0.05) is 34.5 Å². The van der Waals surface area contributed by atoms with Crippen LogP contribution in [0.15, 0.2) is 64.7 Å². The van der Waals surface area contributed by atoms with E-state index in [0.717, 1.165) is 6.34 Å². The number of nitrogen functional groups attached to an aromatic ring is 1. The number of imidazole rings is 1. The van der Waals surface area contributed by atoms with Crippen molar-refractivity contribution < 1.29 is 21.9 Å². The molecule has 0 amide bonds. The molecular formula is C21H15ClF2N6O3S2. The van der Waals surface area contributed by atoms with Crippen LogP contribution in [0.3, 0.4) is 0 Å². The van der Waals surface area contributed by atoms with Crippen LogP contribution in [0.4, 0.5) is 14.6 Å². The Morgan fingerprint density at radius 2 is 1.94 bits per heavy atom. The number of aliphatic imine (C=N–C) groups is 1. The van der Waals surface area contributed by atoms with Gasteiger partial charge in [-0.3, -0.25) is 9.12 Å². The van der Waals surface area contributed by atoms with E-state index in [1.807, 2.05) is 4.72 Å². The minimum atomic E-state index is -4.57. The zero-order valence-corrected chi connectivity index (χ0v) is 19.8. The van der Waals surface area contributed by atoms with Gasteiger partial charge in [-0.2, -0.15) is 0 Å². The minimum Gasteiger partial charge on any atom is -0.454 e. The molecule has 4 aromatic rings. The Kier molecular flexibility index (Phi) is 6.56. The van der Waals surface area contributed by atoms with Crippen molar-refractivity contribution in [3.8, 4) is 22.6 Å². The molecule has 2 heterocycles. The van der Waals surface area contributed by atoms with Gasteiger partial charge < -0.3 is 16.2 Å². The van der Waals surface area contributed by atoms with Gasteiger partial charge >= 0.3 is 0 Å². The third kappa shape index (κ3) is 5.01. The second kappa shape index (κ2) is 9.44. The van der Waals surface area contributed by atoms with Crippen LogP contribution in [-0.4, -0.2) is 29.3 Å². The molecule has 0 unspecified atom stereocenters. The molecule has 0 atom stereocenters. The second-order valence-electron chi connectivity index (χ2n) is 6.97. The summed E-state index contributed by atoms with van der Waals surface area (Å²) < 4.78 is 63.3. The Balaban J connectivity index is 1.72. The summed E-state index contributed by atoms with van der Waals surface area (Å²) in [6.45, 7) is 0. The Bertz CT molecular complexity index is 1610. The van der Waals surface area contributed by atoms with Gasteiger partial charge in [-0.25, -0.2) is 27.2 Å². The molecule has 0 radical (unpaired) electrons. The van der Waals surface area contributed by atoms with E-state index in [2.05, 4.69) is 22.2 Å². The van der Waals surface area contributed by atoms with Crippen LogP contribution in [0.2, 0.25) is 5.02 Å². The predicted molar refractivity (Wildman–Crippen MR) is 132 cm³/mol. The molecule has 2 aromatic heterocycles. The molecule has 0 aliphatic rings. The molecule has 9 nitrogen and oxygen atoms in total. The van der Waals surface area contributed by atoms with Crippen LogP contribution >= 0.6 is 23.8 Å². The van der Waals surface area contributed by atoms with E-state index in [1.165, 1.54) is 18.3 Å². The maximum atomic E-state index is 14.8. The lowest BCUT2D eigenvalue weighted by Gasteiger charge is -2.14. The van der Waals surface area contributed by atoms with Crippen molar-refractivity contribution in [2.24, 2.45) is 10.7 Å². The highest BCUT2D eigenvalue weighted by Gasteiger charge is 2.24. The lowest BCUT2D eigenvalue weighted by Crippen LogP contribution is -2.29. The second-order valence-corrected chi connectivity index (χ2v) is 9.45. The number of nitrogens with one attached hydrogen (secondary N) is 1. The Hall–Kier alpha value is -3.81. The maximum Gasteiger partial charge on any atom is 0.266 e. The van der Waals surface area contributed by atoms with Crippen LogP contribution in [0.1, 0.15) is 0 Å². The van der Waals surface area contributed by atoms with Gasteiger partial charge in [-0.15, -0.1) is 0 Å². The van der Waals surface area contributed by atoms with Crippen molar-refractivity contribution in [1.82, 2.24) is 14.1 Å². The van der Waals surface area contributed by atoms with Gasteiger partial charge in [0.2, 0.25) is 5.11 Å². The zero-order valence-electron chi connectivity index (χ0n) is 17.4. The Morgan fingerprint density at radius 1 is 1.17 bits per heavy atom. The highest BCUT2D eigenvalue weighted by molar-refractivity contribution is 7.91. The summed E-state index contributed by atoms with van der Waals surface area (Å²) in [4.78, 5) is 6.52. The molecular weight excluding hydrogens is 522 g/mol. The van der Waals surface area contributed by atoms with Crippen LogP contribution in [-0.2, 0) is 10.0 Å². The number of rotatable bonds is 5. The van der Waals surface area contributed by atoms with E-state index in [0.29, 0.717) is 39.7 Å². The fraction of sp³-hybridized carbons (Fsp3) is 0. The van der Waals surface area contributed by atoms with E-state index in [4.69, 9.17) is 27.8 Å². The molecule has 0 aliphatic heterocycles. The number of hydrogen-bond acceptors (Lipinski definition) is 6. The number of ether oxygens (including phenoxy) is 1. The summed E-state index contributed by atoms with van der Waals surface area (Å²) >= 11 is 10.8. The maximum absolute atomic E-state index is 14.8. The number of nitrogens with two attached hydrogens (primary N) is 2. The third-order valence-corrected chi connectivity index (χ3v) is 6.62. The first-order valence-corrected chi connectivity index (χ1v) is 11.9. The van der Waals surface area contributed by atoms with Crippen molar-refractivity contribution in [2.75, 3.05) is 5.73 Å². The molecule has 0 bridgehead atoms. The third-order valence-electron chi connectivity index (χ3n) is 4.70. The smallest absolute Gasteiger partial charge is 0.266 e. The number of nitrogens with zero attached hydrogens (tertiary/aromatic N) is 3. The first kappa shape index (κ1) is 24.3. The number of pyridine rings is 1. The molecule has 2 aromatic carbocycles. The molecule has 0 saturated heterocycles. The van der Waals surface area contributed by atoms with E-state index in [1.54, 1.807) is 28.8 Å². The summed E-state index contributed by atoms with van der Waals surface area (Å²) in [7, 11) is -4.57. The SMILES string of the molecule is NC=NC(=S)NS(=O)(=O)c1cc(F)c(Oc2ccc(Cl)cc2-c2ccc3ncc(N)n3c2)cc1F. The largest absolute Gasteiger partial charge is 0.454 e. The molecule has 35 heavy (non-hydrogen) atoms. The first-order chi connectivity index (χ1) is 16.6. The van der Waals surface area contributed by atoms with Crippen molar-refractivity contribution in [3.63, 3.8) is 0 Å². The van der Waals surface area contributed by atoms with E-state index >= 15 is 0 Å². The number of anilines is 1. The average molecular weight is 537 g/mol. The zero-order chi connectivity index (χ0) is 25.3. The molecule has 4 rings (SSSR count). The van der Waals surface area contributed by atoms with Crippen molar-refractivity contribution in [3.05, 3.63) is 71.5 Å². The van der Waals surface area contributed by atoms with Crippen LogP contribution in [0.25, 0.3) is 16.8 Å². The van der Waals surface area contributed by atoms with E-state index in [9.17, 15) is 17.2 Å². The quantitative estimate of drug-likeness (QED) is 0.200. The Morgan fingerprint density at radius 3 is 2.69 bits per heavy atom. The fourth-order valence-electron chi connectivity index (χ4n) is 3.15. The summed E-state index contributed by atoms with van der Waals surface area (Å²) in [5.41, 5.74) is 12.6. The van der Waals surface area contributed by atoms with Gasteiger partial charge in [0.1, 0.15) is 27.9 Å². The van der Waals surface area contributed by atoms with Gasteiger partial charge in [-0.05, 0) is 42.5 Å². The summed E-state index contributed by atoms with van der Waals surface area (Å²) in [6.07, 6.45) is 3.93. The Labute approximate surface area is 208 Å². The highest BCUT2D eigenvalue weighted by atomic mass is 35.5. The van der Waals surface area contributed by atoms with Crippen LogP contribution < -0.4 is 20.9 Å². The van der Waals surface area contributed by atoms with Gasteiger partial charge in [0.25, 0.3) is 10.0 Å². The topological polar surface area (TPSA) is 137 Å². The number of thiocarbonyl (C=S) groups is 1. The number of fused-ring (bicyclic) bond motifs is 1. The first-order valence-electron chi connectivity index (χ1n) is 9.59. The van der Waals surface area contributed by atoms with Gasteiger partial charge in [0.05, 0.1) is 12.5 Å². The predicted octanol–water partition coefficient (Wildman–Crippen LogP) is 3.86. The van der Waals surface area contributed by atoms with Crippen molar-refractivity contribution >= 4 is 56.8 Å². The molecule has 14 heteroatoms. The minimum absolute atomic E-state index is 0.123. The average Bonchev–Trinajstić information content (AvgIpc) is 3.17. The van der Waals surface area contributed by atoms with Gasteiger partial charge in [0.15, 0.2) is 11.6 Å².